The summed E-state index contributed by atoms with van der Waals surface area (Å²) in [6.07, 6.45) is 3.34. The van der Waals surface area contributed by atoms with Gasteiger partial charge in [-0.15, -0.1) is 0 Å². The van der Waals surface area contributed by atoms with E-state index in [1.165, 1.54) is 0 Å². The second-order valence-corrected chi connectivity index (χ2v) is 5.99. The van der Waals surface area contributed by atoms with Crippen LogP contribution in [0.1, 0.15) is 18.1 Å². The molecule has 0 saturated carbocycles. The summed E-state index contributed by atoms with van der Waals surface area (Å²) in [5.41, 5.74) is 5.79. The first kappa shape index (κ1) is 17.4. The molecule has 2 aromatic rings. The molecule has 1 heterocycles. The van der Waals surface area contributed by atoms with Gasteiger partial charge in [0, 0.05) is 24.4 Å². The van der Waals surface area contributed by atoms with Gasteiger partial charge in [-0.2, -0.15) is 5.10 Å². The Morgan fingerprint density at radius 3 is 2.46 bits per heavy atom. The van der Waals surface area contributed by atoms with Crippen molar-refractivity contribution in [3.05, 3.63) is 71.8 Å². The maximum Gasteiger partial charge on any atom is 0.335 e. The zero-order valence-corrected chi connectivity index (χ0v) is 14.6. The maximum atomic E-state index is 12.3. The molecule has 0 radical (unpaired) electrons. The number of urea groups is 1. The standard InChI is InChI=1S/C20H20N4O2/c1-14-19(22-23-20(26)21-14)16-9-11-17(12-10-16)24(2)18(25)13-8-15-6-4-3-5-7-15/h3-14H,1-2H3,(H2,21,23,26). The molecule has 0 spiro atoms. The van der Waals surface area contributed by atoms with Gasteiger partial charge in [0.25, 0.3) is 5.91 Å². The number of carbonyl (C=O) groups is 2. The average Bonchev–Trinajstić information content (AvgIpc) is 2.66. The number of rotatable bonds is 4. The first-order chi connectivity index (χ1) is 12.5. The minimum atomic E-state index is -0.312. The fourth-order valence-electron chi connectivity index (χ4n) is 2.65. The van der Waals surface area contributed by atoms with Gasteiger partial charge >= 0.3 is 6.03 Å². The van der Waals surface area contributed by atoms with Gasteiger partial charge in [0.1, 0.15) is 0 Å². The number of anilines is 1. The first-order valence-corrected chi connectivity index (χ1v) is 8.30. The van der Waals surface area contributed by atoms with Crippen LogP contribution in [0, 0.1) is 0 Å². The van der Waals surface area contributed by atoms with Gasteiger partial charge in [-0.05, 0) is 30.7 Å². The van der Waals surface area contributed by atoms with E-state index < -0.39 is 0 Å². The monoisotopic (exact) mass is 348 g/mol. The fraction of sp³-hybridized carbons (Fsp3) is 0.150. The van der Waals surface area contributed by atoms with Crippen molar-refractivity contribution in [3.8, 4) is 0 Å². The Kier molecular flexibility index (Phi) is 5.12. The highest BCUT2D eigenvalue weighted by molar-refractivity contribution is 6.08. The lowest BCUT2D eigenvalue weighted by Gasteiger charge is -2.22. The van der Waals surface area contributed by atoms with E-state index in [9.17, 15) is 9.59 Å². The van der Waals surface area contributed by atoms with E-state index in [-0.39, 0.29) is 18.0 Å². The third kappa shape index (κ3) is 3.97. The SMILES string of the molecule is CC1NC(=O)NN=C1c1ccc(N(C)C(=O)C=Cc2ccccc2)cc1. The average molecular weight is 348 g/mol. The van der Waals surface area contributed by atoms with Gasteiger partial charge in [0.05, 0.1) is 11.8 Å². The lowest BCUT2D eigenvalue weighted by atomic mass is 10.0. The molecule has 26 heavy (non-hydrogen) atoms. The van der Waals surface area contributed by atoms with Gasteiger partial charge in [-0.25, -0.2) is 10.2 Å². The molecule has 1 aliphatic rings. The van der Waals surface area contributed by atoms with Crippen molar-refractivity contribution in [3.63, 3.8) is 0 Å². The summed E-state index contributed by atoms with van der Waals surface area (Å²) in [7, 11) is 1.73. The molecular weight excluding hydrogens is 328 g/mol. The Morgan fingerprint density at radius 1 is 1.12 bits per heavy atom. The largest absolute Gasteiger partial charge is 0.335 e. The van der Waals surface area contributed by atoms with Crippen molar-refractivity contribution in [1.82, 2.24) is 10.7 Å². The van der Waals surface area contributed by atoms with Crippen molar-refractivity contribution in [2.75, 3.05) is 11.9 Å². The summed E-state index contributed by atoms with van der Waals surface area (Å²) in [4.78, 5) is 25.2. The van der Waals surface area contributed by atoms with Crippen LogP contribution >= 0.6 is 0 Å². The van der Waals surface area contributed by atoms with E-state index >= 15 is 0 Å². The quantitative estimate of drug-likeness (QED) is 0.834. The number of hydrazone groups is 1. The predicted molar refractivity (Wildman–Crippen MR) is 103 cm³/mol. The van der Waals surface area contributed by atoms with Crippen molar-refractivity contribution in [2.45, 2.75) is 13.0 Å². The molecule has 1 atom stereocenters. The topological polar surface area (TPSA) is 73.8 Å². The van der Waals surface area contributed by atoms with Crippen LogP contribution in [0.25, 0.3) is 6.08 Å². The molecule has 0 bridgehead atoms. The summed E-state index contributed by atoms with van der Waals surface area (Å²) in [5, 5.41) is 6.86. The van der Waals surface area contributed by atoms with E-state index in [2.05, 4.69) is 15.8 Å². The number of nitrogens with zero attached hydrogens (tertiary/aromatic N) is 2. The number of carbonyl (C=O) groups excluding carboxylic acids is 2. The van der Waals surface area contributed by atoms with Crippen LogP contribution in [0.2, 0.25) is 0 Å². The van der Waals surface area contributed by atoms with Gasteiger partial charge < -0.3 is 10.2 Å². The summed E-state index contributed by atoms with van der Waals surface area (Å²) in [5.74, 6) is -0.112. The van der Waals surface area contributed by atoms with Gasteiger partial charge in [0.2, 0.25) is 0 Å². The van der Waals surface area contributed by atoms with Crippen molar-refractivity contribution in [2.24, 2.45) is 5.10 Å². The van der Waals surface area contributed by atoms with Crippen LogP contribution in [0.5, 0.6) is 0 Å². The molecule has 1 aliphatic heterocycles. The van der Waals surface area contributed by atoms with E-state index in [1.807, 2.05) is 61.5 Å². The molecule has 3 rings (SSSR count). The highest BCUT2D eigenvalue weighted by Crippen LogP contribution is 2.17. The maximum absolute atomic E-state index is 12.3. The fourth-order valence-corrected chi connectivity index (χ4v) is 2.65. The second-order valence-electron chi connectivity index (χ2n) is 5.99. The minimum absolute atomic E-state index is 0.112. The number of amides is 3. The molecule has 132 valence electrons. The highest BCUT2D eigenvalue weighted by atomic mass is 16.2. The third-order valence-electron chi connectivity index (χ3n) is 4.13. The van der Waals surface area contributed by atoms with Crippen molar-refractivity contribution in [1.29, 1.82) is 0 Å². The van der Waals surface area contributed by atoms with Crippen LogP contribution in [-0.4, -0.2) is 30.7 Å². The van der Waals surface area contributed by atoms with Crippen LogP contribution in [-0.2, 0) is 4.79 Å². The minimum Gasteiger partial charge on any atom is -0.328 e. The smallest absolute Gasteiger partial charge is 0.328 e. The van der Waals surface area contributed by atoms with Crippen molar-refractivity contribution >= 4 is 29.4 Å². The molecule has 3 amide bonds. The van der Waals surface area contributed by atoms with E-state index in [0.29, 0.717) is 0 Å². The molecule has 0 fully saturated rings. The lowest BCUT2D eigenvalue weighted by molar-refractivity contribution is -0.113. The molecule has 1 unspecified atom stereocenters. The lowest BCUT2D eigenvalue weighted by Crippen LogP contribution is -2.48. The summed E-state index contributed by atoms with van der Waals surface area (Å²) < 4.78 is 0. The van der Waals surface area contributed by atoms with Gasteiger partial charge in [-0.1, -0.05) is 42.5 Å². The van der Waals surface area contributed by atoms with Gasteiger partial charge in [-0.3, -0.25) is 4.79 Å². The van der Waals surface area contributed by atoms with Crippen LogP contribution < -0.4 is 15.6 Å². The predicted octanol–water partition coefficient (Wildman–Crippen LogP) is 2.77. The van der Waals surface area contributed by atoms with Gasteiger partial charge in [0.15, 0.2) is 0 Å². The summed E-state index contributed by atoms with van der Waals surface area (Å²) in [6, 6.07) is 16.7. The number of nitrogens with one attached hydrogen (secondary N) is 2. The third-order valence-corrected chi connectivity index (χ3v) is 4.13. The molecular formula is C20H20N4O2. The summed E-state index contributed by atoms with van der Waals surface area (Å²) in [6.45, 7) is 1.87. The van der Waals surface area contributed by atoms with Crippen molar-refractivity contribution < 1.29 is 9.59 Å². The molecule has 0 saturated heterocycles. The Morgan fingerprint density at radius 2 is 1.81 bits per heavy atom. The van der Waals surface area contributed by atoms with Crippen LogP contribution in [0.3, 0.4) is 0 Å². The number of likely N-dealkylation sites (N-methyl/N-ethyl adjacent to an activating group) is 1. The Balaban J connectivity index is 1.71. The second kappa shape index (κ2) is 7.65. The molecule has 6 nitrogen and oxygen atoms in total. The molecule has 2 N–H and O–H groups in total. The molecule has 2 aromatic carbocycles. The normalized spacial score (nSPS) is 16.6. The van der Waals surface area contributed by atoms with E-state index in [0.717, 1.165) is 22.5 Å². The Labute approximate surface area is 152 Å². The molecule has 0 aromatic heterocycles. The Hall–Kier alpha value is -3.41. The van der Waals surface area contributed by atoms with E-state index in [4.69, 9.17) is 0 Å². The zero-order chi connectivity index (χ0) is 18.5. The van der Waals surface area contributed by atoms with E-state index in [1.54, 1.807) is 24.1 Å². The first-order valence-electron chi connectivity index (χ1n) is 8.30. The number of hydrogen-bond acceptors (Lipinski definition) is 3. The number of benzene rings is 2. The van der Waals surface area contributed by atoms with Crippen LogP contribution in [0.4, 0.5) is 10.5 Å². The molecule has 6 heteroatoms. The number of hydrogen-bond donors (Lipinski definition) is 2. The summed E-state index contributed by atoms with van der Waals surface area (Å²) >= 11 is 0. The Bertz CT molecular complexity index is 857. The molecule has 0 aliphatic carbocycles. The zero-order valence-electron chi connectivity index (χ0n) is 14.6. The highest BCUT2D eigenvalue weighted by Gasteiger charge is 2.20. The van der Waals surface area contributed by atoms with Crippen LogP contribution in [0.15, 0.2) is 65.8 Å².